The lowest BCUT2D eigenvalue weighted by molar-refractivity contribution is -0.167. The molecule has 0 bridgehead atoms. The third kappa shape index (κ3) is 4.20. The minimum Gasteiger partial charge on any atom is -0.356 e. The Hall–Kier alpha value is -3.62. The van der Waals surface area contributed by atoms with Crippen molar-refractivity contribution in [1.82, 2.24) is 14.7 Å². The number of pyridine rings is 1. The monoisotopic (exact) mass is 388 g/mol. The highest BCUT2D eigenvalue weighted by Crippen LogP contribution is 2.25. The first-order chi connectivity index (χ1) is 13.3. The van der Waals surface area contributed by atoms with E-state index in [-0.39, 0.29) is 11.7 Å². The van der Waals surface area contributed by atoms with Crippen molar-refractivity contribution in [3.05, 3.63) is 72.1 Å². The van der Waals surface area contributed by atoms with Gasteiger partial charge in [-0.25, -0.2) is 4.98 Å². The van der Waals surface area contributed by atoms with Gasteiger partial charge in [0.15, 0.2) is 5.82 Å². The number of nitrogens with one attached hydrogen (secondary N) is 2. The van der Waals surface area contributed by atoms with Gasteiger partial charge in [-0.3, -0.25) is 9.59 Å². The number of carbonyl (C=O) groups is 2. The molecule has 0 fully saturated rings. The van der Waals surface area contributed by atoms with E-state index in [1.165, 1.54) is 23.7 Å². The number of alkyl halides is 3. The molecule has 0 radical (unpaired) electrons. The normalized spacial score (nSPS) is 12.1. The van der Waals surface area contributed by atoms with Gasteiger partial charge < -0.3 is 15.0 Å². The lowest BCUT2D eigenvalue weighted by Crippen LogP contribution is -2.30. The van der Waals surface area contributed by atoms with Gasteiger partial charge in [0.2, 0.25) is 5.91 Å². The largest absolute Gasteiger partial charge is 0.471 e. The fraction of sp³-hybridized carbons (Fsp3) is 0.105. The maximum Gasteiger partial charge on any atom is 0.471 e. The van der Waals surface area contributed by atoms with Crippen LogP contribution in [0.15, 0.2) is 60.9 Å². The first kappa shape index (κ1) is 19.2. The van der Waals surface area contributed by atoms with Crippen LogP contribution in [-0.2, 0) is 9.59 Å². The van der Waals surface area contributed by atoms with Gasteiger partial charge in [-0.05, 0) is 28.8 Å². The van der Waals surface area contributed by atoms with E-state index in [1.54, 1.807) is 23.6 Å². The van der Waals surface area contributed by atoms with Crippen LogP contribution in [0.25, 0.3) is 11.2 Å². The Kier molecular flexibility index (Phi) is 5.16. The Morgan fingerprint density at radius 2 is 1.75 bits per heavy atom. The van der Waals surface area contributed by atoms with Crippen LogP contribution in [0.3, 0.4) is 0 Å². The predicted molar refractivity (Wildman–Crippen MR) is 97.5 cm³/mol. The zero-order chi connectivity index (χ0) is 20.3. The van der Waals surface area contributed by atoms with Gasteiger partial charge in [-0.1, -0.05) is 30.3 Å². The summed E-state index contributed by atoms with van der Waals surface area (Å²) >= 11 is 0. The van der Waals surface area contributed by atoms with Crippen molar-refractivity contribution < 1.29 is 22.8 Å². The lowest BCUT2D eigenvalue weighted by Gasteiger charge is -2.09. The van der Waals surface area contributed by atoms with Gasteiger partial charge in [0.1, 0.15) is 5.65 Å². The van der Waals surface area contributed by atoms with Crippen molar-refractivity contribution in [2.24, 2.45) is 0 Å². The number of hydrogen-bond donors (Lipinski definition) is 2. The molecule has 0 aliphatic heterocycles. The Labute approximate surface area is 157 Å². The zero-order valence-corrected chi connectivity index (χ0v) is 14.6. The fourth-order valence-electron chi connectivity index (χ4n) is 2.55. The first-order valence-corrected chi connectivity index (χ1v) is 8.14. The molecule has 3 rings (SSSR count). The molecular formula is C19H15F3N4O2. The average Bonchev–Trinajstić information content (AvgIpc) is 3.07. The summed E-state index contributed by atoms with van der Waals surface area (Å²) in [6.45, 7) is 0. The van der Waals surface area contributed by atoms with E-state index in [0.717, 1.165) is 5.56 Å². The van der Waals surface area contributed by atoms with E-state index in [0.29, 0.717) is 16.8 Å². The molecular weight excluding hydrogens is 373 g/mol. The molecule has 3 aromatic rings. The number of amides is 2. The highest BCUT2D eigenvalue weighted by Gasteiger charge is 2.39. The molecule has 1 aromatic carbocycles. The number of benzene rings is 1. The van der Waals surface area contributed by atoms with Crippen molar-refractivity contribution in [1.29, 1.82) is 0 Å². The second kappa shape index (κ2) is 7.55. The third-order valence-corrected chi connectivity index (χ3v) is 3.87. The molecule has 2 N–H and O–H groups in total. The molecule has 0 aliphatic rings. The summed E-state index contributed by atoms with van der Waals surface area (Å²) in [5.41, 5.74) is 2.40. The number of anilines is 1. The highest BCUT2D eigenvalue weighted by atomic mass is 19.4. The molecule has 2 amide bonds. The van der Waals surface area contributed by atoms with Crippen LogP contribution in [0.1, 0.15) is 11.1 Å². The standard InChI is InChI=1S/C19H15F3N4O2/c1-23-17(27)9-14(12-5-3-2-4-6-12)13-7-8-16-24-15(11-26(16)10-13)25-18(28)19(20,21)22/h2-11H,1H3,(H,23,27)(H,25,28)/b14-9-. The maximum absolute atomic E-state index is 12.4. The van der Waals surface area contributed by atoms with E-state index in [2.05, 4.69) is 10.3 Å². The third-order valence-electron chi connectivity index (χ3n) is 3.87. The van der Waals surface area contributed by atoms with Crippen LogP contribution < -0.4 is 10.6 Å². The molecule has 0 saturated carbocycles. The van der Waals surface area contributed by atoms with Gasteiger partial charge in [-0.2, -0.15) is 13.2 Å². The molecule has 2 aromatic heterocycles. The van der Waals surface area contributed by atoms with Crippen molar-refractivity contribution in [2.45, 2.75) is 6.18 Å². The van der Waals surface area contributed by atoms with Crippen LogP contribution in [0.2, 0.25) is 0 Å². The second-order valence-electron chi connectivity index (χ2n) is 5.80. The van der Waals surface area contributed by atoms with Crippen LogP contribution in [0.4, 0.5) is 19.0 Å². The van der Waals surface area contributed by atoms with E-state index >= 15 is 0 Å². The molecule has 0 atom stereocenters. The fourth-order valence-corrected chi connectivity index (χ4v) is 2.55. The van der Waals surface area contributed by atoms with Crippen LogP contribution >= 0.6 is 0 Å². The van der Waals surface area contributed by atoms with Crippen LogP contribution in [0, 0.1) is 0 Å². The number of nitrogens with zero attached hydrogens (tertiary/aromatic N) is 2. The summed E-state index contributed by atoms with van der Waals surface area (Å²) in [5.74, 6) is -2.63. The van der Waals surface area contributed by atoms with Gasteiger partial charge in [0, 0.05) is 19.3 Å². The van der Waals surface area contributed by atoms with Crippen molar-refractivity contribution in [3.63, 3.8) is 0 Å². The van der Waals surface area contributed by atoms with Gasteiger partial charge in [-0.15, -0.1) is 0 Å². The number of aromatic nitrogens is 2. The Morgan fingerprint density at radius 1 is 1.04 bits per heavy atom. The number of carbonyl (C=O) groups excluding carboxylic acids is 2. The molecule has 144 valence electrons. The van der Waals surface area contributed by atoms with Crippen molar-refractivity contribution >= 4 is 28.9 Å². The minimum atomic E-state index is -5.00. The van der Waals surface area contributed by atoms with E-state index < -0.39 is 12.1 Å². The molecule has 0 saturated heterocycles. The zero-order valence-electron chi connectivity index (χ0n) is 14.6. The van der Waals surface area contributed by atoms with Crippen molar-refractivity contribution in [2.75, 3.05) is 12.4 Å². The van der Waals surface area contributed by atoms with Gasteiger partial charge in [0.05, 0.1) is 6.20 Å². The van der Waals surface area contributed by atoms with Gasteiger partial charge in [0.25, 0.3) is 0 Å². The summed E-state index contributed by atoms with van der Waals surface area (Å²) in [7, 11) is 1.51. The van der Waals surface area contributed by atoms with Crippen LogP contribution in [0.5, 0.6) is 0 Å². The second-order valence-corrected chi connectivity index (χ2v) is 5.80. The minimum absolute atomic E-state index is 0.226. The number of hydrogen-bond acceptors (Lipinski definition) is 3. The predicted octanol–water partition coefficient (Wildman–Crippen LogP) is 3.01. The first-order valence-electron chi connectivity index (χ1n) is 8.14. The number of likely N-dealkylation sites (N-methyl/N-ethyl adjacent to an activating group) is 1. The molecule has 9 heteroatoms. The summed E-state index contributed by atoms with van der Waals surface area (Å²) in [6.07, 6.45) is -0.685. The molecule has 28 heavy (non-hydrogen) atoms. The highest BCUT2D eigenvalue weighted by molar-refractivity contribution is 5.99. The van der Waals surface area contributed by atoms with Crippen LogP contribution in [-0.4, -0.2) is 34.4 Å². The average molecular weight is 388 g/mol. The summed E-state index contributed by atoms with van der Waals surface area (Å²) in [4.78, 5) is 26.9. The molecule has 0 spiro atoms. The quantitative estimate of drug-likeness (QED) is 0.675. The van der Waals surface area contributed by atoms with E-state index in [1.807, 2.05) is 30.3 Å². The molecule has 0 unspecified atom stereocenters. The van der Waals surface area contributed by atoms with E-state index in [9.17, 15) is 22.8 Å². The van der Waals surface area contributed by atoms with E-state index in [4.69, 9.17) is 0 Å². The topological polar surface area (TPSA) is 75.5 Å². The summed E-state index contributed by atoms with van der Waals surface area (Å²) in [5, 5.41) is 4.24. The molecule has 0 aliphatic carbocycles. The number of imidazole rings is 1. The summed E-state index contributed by atoms with van der Waals surface area (Å²) < 4.78 is 38.7. The molecule has 6 nitrogen and oxygen atoms in total. The summed E-state index contributed by atoms with van der Waals surface area (Å²) in [6, 6.07) is 12.4. The SMILES string of the molecule is CNC(=O)/C=C(/c1ccccc1)c1ccc2nc(NC(=O)C(F)(F)F)cn2c1. The van der Waals surface area contributed by atoms with Crippen molar-refractivity contribution in [3.8, 4) is 0 Å². The Morgan fingerprint density at radius 3 is 2.39 bits per heavy atom. The number of fused-ring (bicyclic) bond motifs is 1. The number of halogens is 3. The smallest absolute Gasteiger partial charge is 0.356 e. The maximum atomic E-state index is 12.4. The molecule has 2 heterocycles. The van der Waals surface area contributed by atoms with Gasteiger partial charge >= 0.3 is 12.1 Å². The number of rotatable bonds is 4. The Balaban J connectivity index is 2.01. The Bertz CT molecular complexity index is 1060. The lowest BCUT2D eigenvalue weighted by atomic mass is 9.99.